The molecule has 0 aromatic heterocycles. The summed E-state index contributed by atoms with van der Waals surface area (Å²) in [5.41, 5.74) is 2.83. The quantitative estimate of drug-likeness (QED) is 0.786. The first-order valence-corrected chi connectivity index (χ1v) is 8.36. The number of methoxy groups -OCH3 is 1. The molecule has 1 amide bonds. The van der Waals surface area contributed by atoms with E-state index in [4.69, 9.17) is 4.74 Å². The first-order chi connectivity index (χ1) is 11.6. The summed E-state index contributed by atoms with van der Waals surface area (Å²) in [7, 11) is 3.39. The lowest BCUT2D eigenvalue weighted by Gasteiger charge is -2.07. The van der Waals surface area contributed by atoms with E-state index in [1.54, 1.807) is 19.1 Å². The molecule has 1 aliphatic rings. The number of ether oxygens (including phenoxy) is 1. The van der Waals surface area contributed by atoms with Crippen molar-refractivity contribution >= 4 is 34.6 Å². The van der Waals surface area contributed by atoms with Crippen molar-refractivity contribution in [1.82, 2.24) is 4.90 Å². The van der Waals surface area contributed by atoms with E-state index in [0.717, 1.165) is 22.6 Å². The highest BCUT2D eigenvalue weighted by atomic mass is 32.2. The van der Waals surface area contributed by atoms with Gasteiger partial charge < -0.3 is 4.74 Å². The van der Waals surface area contributed by atoms with E-state index in [1.807, 2.05) is 61.5 Å². The number of aliphatic imine (C=N–C) groups is 1. The van der Waals surface area contributed by atoms with Gasteiger partial charge in [0, 0.05) is 7.05 Å². The Balaban J connectivity index is 1.90. The topological polar surface area (TPSA) is 41.9 Å². The number of para-hydroxylation sites is 1. The second-order valence-electron chi connectivity index (χ2n) is 5.43. The zero-order valence-electron chi connectivity index (χ0n) is 13.8. The Morgan fingerprint density at radius 1 is 1.17 bits per heavy atom. The predicted molar refractivity (Wildman–Crippen MR) is 99.6 cm³/mol. The fourth-order valence-electron chi connectivity index (χ4n) is 2.34. The fourth-order valence-corrected chi connectivity index (χ4v) is 3.33. The fraction of sp³-hybridized carbons (Fsp3) is 0.158. The molecule has 0 radical (unpaired) electrons. The molecule has 3 rings (SSSR count). The molecule has 122 valence electrons. The lowest BCUT2D eigenvalue weighted by atomic mass is 10.1. The predicted octanol–water partition coefficient (Wildman–Crippen LogP) is 4.24. The standard InChI is InChI=1S/C19H18N2O2S/c1-13-9-10-14(11-16(13)23-3)12-17-18(22)21(2)19(24-17)20-15-7-5-4-6-8-15/h4-12H,1-3H3/b17-12-,20-19?. The Bertz CT molecular complexity index is 829. The molecule has 0 spiro atoms. The number of benzene rings is 2. The van der Waals surface area contributed by atoms with Crippen LogP contribution in [0.1, 0.15) is 11.1 Å². The van der Waals surface area contributed by atoms with Crippen LogP contribution in [-0.2, 0) is 4.79 Å². The van der Waals surface area contributed by atoms with E-state index in [-0.39, 0.29) is 5.91 Å². The van der Waals surface area contributed by atoms with E-state index >= 15 is 0 Å². The summed E-state index contributed by atoms with van der Waals surface area (Å²) < 4.78 is 5.34. The van der Waals surface area contributed by atoms with Crippen LogP contribution in [0.4, 0.5) is 5.69 Å². The van der Waals surface area contributed by atoms with Crippen LogP contribution in [0.2, 0.25) is 0 Å². The number of likely N-dealkylation sites (N-methyl/N-ethyl adjacent to an activating group) is 1. The third kappa shape index (κ3) is 3.36. The van der Waals surface area contributed by atoms with Crippen LogP contribution in [0.3, 0.4) is 0 Å². The third-order valence-electron chi connectivity index (χ3n) is 3.71. The van der Waals surface area contributed by atoms with Gasteiger partial charge in [-0.2, -0.15) is 0 Å². The van der Waals surface area contributed by atoms with Gasteiger partial charge in [0.2, 0.25) is 0 Å². The average molecular weight is 338 g/mol. The second kappa shape index (κ2) is 6.93. The van der Waals surface area contributed by atoms with Crippen molar-refractivity contribution in [3.8, 4) is 5.75 Å². The highest BCUT2D eigenvalue weighted by Gasteiger charge is 2.30. The lowest BCUT2D eigenvalue weighted by Crippen LogP contribution is -2.23. The van der Waals surface area contributed by atoms with Gasteiger partial charge in [-0.3, -0.25) is 9.69 Å². The van der Waals surface area contributed by atoms with Gasteiger partial charge in [0.1, 0.15) is 5.75 Å². The molecule has 1 aliphatic heterocycles. The zero-order chi connectivity index (χ0) is 17.1. The van der Waals surface area contributed by atoms with Gasteiger partial charge in [-0.05, 0) is 54.1 Å². The molecule has 1 saturated heterocycles. The number of amidine groups is 1. The zero-order valence-corrected chi connectivity index (χ0v) is 14.6. The van der Waals surface area contributed by atoms with Gasteiger partial charge in [-0.1, -0.05) is 30.3 Å². The van der Waals surface area contributed by atoms with Gasteiger partial charge in [0.25, 0.3) is 5.91 Å². The van der Waals surface area contributed by atoms with Crippen molar-refractivity contribution in [2.45, 2.75) is 6.92 Å². The Morgan fingerprint density at radius 2 is 1.92 bits per heavy atom. The van der Waals surface area contributed by atoms with E-state index in [2.05, 4.69) is 4.99 Å². The molecule has 0 N–H and O–H groups in total. The normalized spacial score (nSPS) is 17.8. The number of nitrogens with zero attached hydrogens (tertiary/aromatic N) is 2. The molecular weight excluding hydrogens is 320 g/mol. The smallest absolute Gasteiger partial charge is 0.266 e. The number of thioether (sulfide) groups is 1. The van der Waals surface area contributed by atoms with Crippen molar-refractivity contribution in [2.24, 2.45) is 4.99 Å². The van der Waals surface area contributed by atoms with Crippen LogP contribution in [0, 0.1) is 6.92 Å². The Morgan fingerprint density at radius 3 is 2.62 bits per heavy atom. The summed E-state index contributed by atoms with van der Waals surface area (Å²) in [6.45, 7) is 1.99. The number of hydrogen-bond donors (Lipinski definition) is 0. The minimum Gasteiger partial charge on any atom is -0.496 e. The van der Waals surface area contributed by atoms with Crippen LogP contribution in [0.25, 0.3) is 6.08 Å². The number of carbonyl (C=O) groups excluding carboxylic acids is 1. The van der Waals surface area contributed by atoms with Crippen molar-refractivity contribution in [3.05, 3.63) is 64.6 Å². The molecule has 0 atom stereocenters. The third-order valence-corrected chi connectivity index (χ3v) is 4.77. The number of carbonyl (C=O) groups is 1. The molecule has 5 heteroatoms. The molecule has 0 aliphatic carbocycles. The van der Waals surface area contributed by atoms with Crippen molar-refractivity contribution in [2.75, 3.05) is 14.2 Å². The highest BCUT2D eigenvalue weighted by Crippen LogP contribution is 2.33. The summed E-state index contributed by atoms with van der Waals surface area (Å²) in [6.07, 6.45) is 1.87. The average Bonchev–Trinajstić information content (AvgIpc) is 2.85. The van der Waals surface area contributed by atoms with Gasteiger partial charge >= 0.3 is 0 Å². The van der Waals surface area contributed by atoms with E-state index < -0.39 is 0 Å². The minimum atomic E-state index is -0.0470. The Kier molecular flexibility index (Phi) is 4.71. The SMILES string of the molecule is COc1cc(/C=C2\SC(=Nc3ccccc3)N(C)C2=O)ccc1C. The molecule has 24 heavy (non-hydrogen) atoms. The summed E-state index contributed by atoms with van der Waals surface area (Å²) in [5, 5.41) is 0.677. The van der Waals surface area contributed by atoms with Crippen LogP contribution < -0.4 is 4.74 Å². The molecule has 0 saturated carbocycles. The Hall–Kier alpha value is -2.53. The highest BCUT2D eigenvalue weighted by molar-refractivity contribution is 8.18. The molecule has 0 bridgehead atoms. The first-order valence-electron chi connectivity index (χ1n) is 7.54. The van der Waals surface area contributed by atoms with Crippen LogP contribution in [0.15, 0.2) is 58.4 Å². The van der Waals surface area contributed by atoms with Gasteiger partial charge in [-0.25, -0.2) is 4.99 Å². The first kappa shape index (κ1) is 16.3. The maximum Gasteiger partial charge on any atom is 0.266 e. The van der Waals surface area contributed by atoms with E-state index in [0.29, 0.717) is 10.1 Å². The van der Waals surface area contributed by atoms with Gasteiger partial charge in [0.05, 0.1) is 17.7 Å². The number of aryl methyl sites for hydroxylation is 1. The van der Waals surface area contributed by atoms with E-state index in [1.165, 1.54) is 11.8 Å². The molecule has 1 heterocycles. The minimum absolute atomic E-state index is 0.0470. The summed E-state index contributed by atoms with van der Waals surface area (Å²) in [4.78, 5) is 19.2. The molecule has 2 aromatic carbocycles. The number of rotatable bonds is 3. The monoisotopic (exact) mass is 338 g/mol. The maximum absolute atomic E-state index is 12.5. The molecular formula is C19H18N2O2S. The molecule has 1 fully saturated rings. The van der Waals surface area contributed by atoms with Crippen LogP contribution in [-0.4, -0.2) is 30.1 Å². The van der Waals surface area contributed by atoms with Crippen molar-refractivity contribution in [1.29, 1.82) is 0 Å². The van der Waals surface area contributed by atoms with Crippen molar-refractivity contribution < 1.29 is 9.53 Å². The summed E-state index contributed by atoms with van der Waals surface area (Å²) in [5.74, 6) is 0.764. The van der Waals surface area contributed by atoms with Crippen LogP contribution >= 0.6 is 11.8 Å². The molecule has 2 aromatic rings. The Labute approximate surface area is 145 Å². The number of hydrogen-bond acceptors (Lipinski definition) is 4. The summed E-state index contributed by atoms with van der Waals surface area (Å²) in [6, 6.07) is 15.5. The summed E-state index contributed by atoms with van der Waals surface area (Å²) >= 11 is 1.38. The van der Waals surface area contributed by atoms with Gasteiger partial charge in [0.15, 0.2) is 5.17 Å². The second-order valence-corrected chi connectivity index (χ2v) is 6.44. The maximum atomic E-state index is 12.5. The molecule has 0 unspecified atom stereocenters. The van der Waals surface area contributed by atoms with E-state index in [9.17, 15) is 4.79 Å². The molecule has 4 nitrogen and oxygen atoms in total. The van der Waals surface area contributed by atoms with Gasteiger partial charge in [-0.15, -0.1) is 0 Å². The lowest BCUT2D eigenvalue weighted by molar-refractivity contribution is -0.121. The largest absolute Gasteiger partial charge is 0.496 e. The van der Waals surface area contributed by atoms with Crippen molar-refractivity contribution in [3.63, 3.8) is 0 Å². The number of amides is 1. The van der Waals surface area contributed by atoms with Crippen LogP contribution in [0.5, 0.6) is 5.75 Å².